The number of hydrogen-bond acceptors (Lipinski definition) is 4. The SMILES string of the molecule is CCCn1cccc1CNCc1ncon1. The zero-order valence-corrected chi connectivity index (χ0v) is 9.39. The fourth-order valence-corrected chi connectivity index (χ4v) is 1.64. The van der Waals surface area contributed by atoms with Crippen LogP contribution in [0.15, 0.2) is 29.2 Å². The summed E-state index contributed by atoms with van der Waals surface area (Å²) in [5, 5.41) is 7.02. The lowest BCUT2D eigenvalue weighted by molar-refractivity contribution is 0.407. The van der Waals surface area contributed by atoms with E-state index in [1.165, 1.54) is 12.1 Å². The number of nitrogens with zero attached hydrogens (tertiary/aromatic N) is 3. The summed E-state index contributed by atoms with van der Waals surface area (Å²) in [6, 6.07) is 4.19. The van der Waals surface area contributed by atoms with Gasteiger partial charge in [0.15, 0.2) is 5.82 Å². The molecule has 0 saturated carbocycles. The first-order valence-electron chi connectivity index (χ1n) is 5.50. The summed E-state index contributed by atoms with van der Waals surface area (Å²) in [5.41, 5.74) is 1.28. The molecular weight excluding hydrogens is 204 g/mol. The first-order valence-corrected chi connectivity index (χ1v) is 5.50. The molecule has 2 aromatic heterocycles. The van der Waals surface area contributed by atoms with Crippen molar-refractivity contribution in [2.24, 2.45) is 0 Å². The number of hydrogen-bond donors (Lipinski definition) is 1. The van der Waals surface area contributed by atoms with Gasteiger partial charge in [0.25, 0.3) is 0 Å². The van der Waals surface area contributed by atoms with Crippen LogP contribution < -0.4 is 5.32 Å². The van der Waals surface area contributed by atoms with E-state index in [4.69, 9.17) is 0 Å². The van der Waals surface area contributed by atoms with Crippen LogP contribution >= 0.6 is 0 Å². The first kappa shape index (κ1) is 10.9. The van der Waals surface area contributed by atoms with E-state index < -0.39 is 0 Å². The van der Waals surface area contributed by atoms with Crippen LogP contribution in [-0.2, 0) is 19.6 Å². The molecule has 0 aliphatic rings. The summed E-state index contributed by atoms with van der Waals surface area (Å²) in [5.74, 6) is 0.689. The third-order valence-electron chi connectivity index (χ3n) is 2.38. The molecule has 0 amide bonds. The minimum atomic E-state index is 0.633. The maximum Gasteiger partial charge on any atom is 0.213 e. The lowest BCUT2D eigenvalue weighted by Gasteiger charge is -2.07. The van der Waals surface area contributed by atoms with Gasteiger partial charge in [0, 0.05) is 25.0 Å². The molecule has 1 N–H and O–H groups in total. The van der Waals surface area contributed by atoms with E-state index in [-0.39, 0.29) is 0 Å². The minimum Gasteiger partial charge on any atom is -0.350 e. The zero-order valence-electron chi connectivity index (χ0n) is 9.39. The Morgan fingerprint density at radius 3 is 3.12 bits per heavy atom. The smallest absolute Gasteiger partial charge is 0.213 e. The van der Waals surface area contributed by atoms with Crippen LogP contribution in [0.2, 0.25) is 0 Å². The first-order chi connectivity index (χ1) is 7.90. The molecule has 2 aromatic rings. The molecule has 16 heavy (non-hydrogen) atoms. The number of rotatable bonds is 6. The molecule has 0 atom stereocenters. The fraction of sp³-hybridized carbons (Fsp3) is 0.455. The molecule has 5 nitrogen and oxygen atoms in total. The van der Waals surface area contributed by atoms with Crippen molar-refractivity contribution in [2.45, 2.75) is 33.0 Å². The predicted octanol–water partition coefficient (Wildman–Crippen LogP) is 1.57. The van der Waals surface area contributed by atoms with E-state index in [0.29, 0.717) is 12.4 Å². The van der Waals surface area contributed by atoms with Crippen LogP contribution in [0.1, 0.15) is 24.9 Å². The third kappa shape index (κ3) is 2.70. The van der Waals surface area contributed by atoms with Crippen molar-refractivity contribution in [3.05, 3.63) is 36.2 Å². The van der Waals surface area contributed by atoms with Crippen LogP contribution in [0.25, 0.3) is 0 Å². The van der Waals surface area contributed by atoms with Gasteiger partial charge in [0.2, 0.25) is 6.39 Å². The highest BCUT2D eigenvalue weighted by molar-refractivity contribution is 5.06. The average Bonchev–Trinajstić information content (AvgIpc) is 2.91. The third-order valence-corrected chi connectivity index (χ3v) is 2.38. The molecule has 5 heteroatoms. The molecule has 0 unspecified atom stereocenters. The van der Waals surface area contributed by atoms with E-state index in [9.17, 15) is 0 Å². The van der Waals surface area contributed by atoms with Crippen molar-refractivity contribution in [3.8, 4) is 0 Å². The second-order valence-corrected chi connectivity index (χ2v) is 3.64. The Labute approximate surface area is 94.5 Å². The Hall–Kier alpha value is -1.62. The lowest BCUT2D eigenvalue weighted by atomic mass is 10.4. The molecule has 0 bridgehead atoms. The summed E-state index contributed by atoms with van der Waals surface area (Å²) >= 11 is 0. The van der Waals surface area contributed by atoms with Crippen LogP contribution in [0.5, 0.6) is 0 Å². The van der Waals surface area contributed by atoms with Crippen LogP contribution in [0, 0.1) is 0 Å². The van der Waals surface area contributed by atoms with Crippen LogP contribution in [-0.4, -0.2) is 14.7 Å². The molecule has 0 fully saturated rings. The highest BCUT2D eigenvalue weighted by Gasteiger charge is 2.01. The molecule has 0 aromatic carbocycles. The molecule has 0 aliphatic heterocycles. The van der Waals surface area contributed by atoms with Crippen LogP contribution in [0.3, 0.4) is 0 Å². The van der Waals surface area contributed by atoms with Crippen molar-refractivity contribution < 1.29 is 4.52 Å². The highest BCUT2D eigenvalue weighted by Crippen LogP contribution is 2.03. The van der Waals surface area contributed by atoms with Gasteiger partial charge in [-0.15, -0.1) is 0 Å². The molecule has 86 valence electrons. The van der Waals surface area contributed by atoms with E-state index in [1.807, 2.05) is 0 Å². The van der Waals surface area contributed by atoms with Gasteiger partial charge in [-0.05, 0) is 18.6 Å². The van der Waals surface area contributed by atoms with Crippen molar-refractivity contribution in [1.82, 2.24) is 20.0 Å². The summed E-state index contributed by atoms with van der Waals surface area (Å²) in [6.45, 7) is 4.69. The van der Waals surface area contributed by atoms with E-state index in [2.05, 4.69) is 49.8 Å². The highest BCUT2D eigenvalue weighted by atomic mass is 16.5. The number of aryl methyl sites for hydroxylation is 1. The topological polar surface area (TPSA) is 55.9 Å². The largest absolute Gasteiger partial charge is 0.350 e. The summed E-state index contributed by atoms with van der Waals surface area (Å²) in [6.07, 6.45) is 4.60. The predicted molar refractivity (Wildman–Crippen MR) is 59.6 cm³/mol. The molecule has 0 radical (unpaired) electrons. The summed E-state index contributed by atoms with van der Waals surface area (Å²) in [4.78, 5) is 3.95. The van der Waals surface area contributed by atoms with Gasteiger partial charge >= 0.3 is 0 Å². The van der Waals surface area contributed by atoms with Gasteiger partial charge in [-0.2, -0.15) is 4.98 Å². The summed E-state index contributed by atoms with van der Waals surface area (Å²) < 4.78 is 6.91. The van der Waals surface area contributed by atoms with Gasteiger partial charge in [0.05, 0.1) is 6.54 Å². The standard InChI is InChI=1S/C11H16N4O/c1-2-5-15-6-3-4-10(15)7-12-8-11-13-9-16-14-11/h3-4,6,9,12H,2,5,7-8H2,1H3. The molecule has 2 heterocycles. The van der Waals surface area contributed by atoms with Gasteiger partial charge in [-0.25, -0.2) is 0 Å². The second-order valence-electron chi connectivity index (χ2n) is 3.64. The normalized spacial score (nSPS) is 10.8. The number of aromatic nitrogens is 3. The molecule has 0 spiro atoms. The monoisotopic (exact) mass is 220 g/mol. The molecule has 2 rings (SSSR count). The maximum atomic E-state index is 4.66. The van der Waals surface area contributed by atoms with E-state index in [1.54, 1.807) is 0 Å². The van der Waals surface area contributed by atoms with Crippen LogP contribution in [0.4, 0.5) is 0 Å². The number of nitrogens with one attached hydrogen (secondary N) is 1. The van der Waals surface area contributed by atoms with Gasteiger partial charge < -0.3 is 14.4 Å². The zero-order chi connectivity index (χ0) is 11.2. The Morgan fingerprint density at radius 1 is 1.44 bits per heavy atom. The summed E-state index contributed by atoms with van der Waals surface area (Å²) in [7, 11) is 0. The fourth-order valence-electron chi connectivity index (χ4n) is 1.64. The van der Waals surface area contributed by atoms with Crippen molar-refractivity contribution in [2.75, 3.05) is 0 Å². The Balaban J connectivity index is 1.82. The molecule has 0 aliphatic carbocycles. The quantitative estimate of drug-likeness (QED) is 0.802. The molecule has 0 saturated heterocycles. The minimum absolute atomic E-state index is 0.633. The molecular formula is C11H16N4O. The van der Waals surface area contributed by atoms with E-state index >= 15 is 0 Å². The second kappa shape index (κ2) is 5.46. The maximum absolute atomic E-state index is 4.66. The van der Waals surface area contributed by atoms with E-state index in [0.717, 1.165) is 19.5 Å². The van der Waals surface area contributed by atoms with Gasteiger partial charge in [-0.1, -0.05) is 12.1 Å². The lowest BCUT2D eigenvalue weighted by Crippen LogP contribution is -2.16. The Kier molecular flexibility index (Phi) is 3.71. The average molecular weight is 220 g/mol. The van der Waals surface area contributed by atoms with Crippen molar-refractivity contribution >= 4 is 0 Å². The van der Waals surface area contributed by atoms with Gasteiger partial charge in [-0.3, -0.25) is 0 Å². The Bertz CT molecular complexity index is 407. The Morgan fingerprint density at radius 2 is 2.38 bits per heavy atom. The van der Waals surface area contributed by atoms with Crippen molar-refractivity contribution in [1.29, 1.82) is 0 Å². The van der Waals surface area contributed by atoms with Gasteiger partial charge in [0.1, 0.15) is 0 Å². The van der Waals surface area contributed by atoms with Crippen molar-refractivity contribution in [3.63, 3.8) is 0 Å².